The van der Waals surface area contributed by atoms with Gasteiger partial charge in [-0.1, -0.05) is 36.4 Å². The van der Waals surface area contributed by atoms with E-state index in [1.54, 1.807) is 6.92 Å². The van der Waals surface area contributed by atoms with Gasteiger partial charge in [0, 0.05) is 0 Å². The SMILES string of the molecule is CC(Oc1ccc(-c2ccccc2)cc1Br)C(=O)NN. The highest BCUT2D eigenvalue weighted by molar-refractivity contribution is 9.10. The zero-order valence-corrected chi connectivity index (χ0v) is 12.6. The fourth-order valence-electron chi connectivity index (χ4n) is 1.77. The molecule has 2 rings (SSSR count). The molecule has 3 N–H and O–H groups in total. The number of amides is 1. The maximum absolute atomic E-state index is 11.3. The summed E-state index contributed by atoms with van der Waals surface area (Å²) in [6, 6.07) is 15.7. The van der Waals surface area contributed by atoms with E-state index in [9.17, 15) is 4.79 Å². The minimum absolute atomic E-state index is 0.371. The van der Waals surface area contributed by atoms with Crippen LogP contribution in [0.3, 0.4) is 0 Å². The van der Waals surface area contributed by atoms with E-state index >= 15 is 0 Å². The van der Waals surface area contributed by atoms with Crippen molar-refractivity contribution in [3.8, 4) is 16.9 Å². The molecular weight excluding hydrogens is 320 g/mol. The summed E-state index contributed by atoms with van der Waals surface area (Å²) in [4.78, 5) is 11.3. The molecular formula is C15H15BrN2O2. The molecule has 0 saturated heterocycles. The summed E-state index contributed by atoms with van der Waals surface area (Å²) in [7, 11) is 0. The van der Waals surface area contributed by atoms with Gasteiger partial charge in [-0.25, -0.2) is 5.84 Å². The molecule has 2 aromatic carbocycles. The van der Waals surface area contributed by atoms with E-state index in [1.165, 1.54) is 0 Å². The van der Waals surface area contributed by atoms with E-state index in [4.69, 9.17) is 10.6 Å². The van der Waals surface area contributed by atoms with Gasteiger partial charge in [0.2, 0.25) is 0 Å². The normalized spacial score (nSPS) is 11.8. The van der Waals surface area contributed by atoms with Crippen molar-refractivity contribution in [3.05, 3.63) is 53.0 Å². The molecule has 5 heteroatoms. The summed E-state index contributed by atoms with van der Waals surface area (Å²) in [6.45, 7) is 1.64. The zero-order chi connectivity index (χ0) is 14.5. The van der Waals surface area contributed by atoms with Crippen LogP contribution in [0.25, 0.3) is 11.1 Å². The van der Waals surface area contributed by atoms with Crippen molar-refractivity contribution in [3.63, 3.8) is 0 Å². The van der Waals surface area contributed by atoms with Gasteiger partial charge in [0.1, 0.15) is 5.75 Å². The third-order valence-electron chi connectivity index (χ3n) is 2.85. The lowest BCUT2D eigenvalue weighted by atomic mass is 10.1. The number of carbonyl (C=O) groups is 1. The molecule has 0 heterocycles. The van der Waals surface area contributed by atoms with Gasteiger partial charge < -0.3 is 4.74 Å². The standard InChI is InChI=1S/C15H15BrN2O2/c1-10(15(19)18-17)20-14-8-7-12(9-13(14)16)11-5-3-2-4-6-11/h2-10H,17H2,1H3,(H,18,19). The Morgan fingerprint density at radius 3 is 2.50 bits per heavy atom. The smallest absolute Gasteiger partial charge is 0.274 e. The van der Waals surface area contributed by atoms with E-state index in [-0.39, 0.29) is 5.91 Å². The van der Waals surface area contributed by atoms with Gasteiger partial charge in [-0.05, 0) is 46.1 Å². The predicted octanol–water partition coefficient (Wildman–Crippen LogP) is 2.87. The van der Waals surface area contributed by atoms with Crippen LogP contribution in [-0.2, 0) is 4.79 Å². The third kappa shape index (κ3) is 3.37. The first-order chi connectivity index (χ1) is 9.61. The average Bonchev–Trinajstić information content (AvgIpc) is 2.49. The molecule has 1 atom stereocenters. The Hall–Kier alpha value is -1.85. The molecule has 1 amide bonds. The Bertz CT molecular complexity index is 602. The van der Waals surface area contributed by atoms with Gasteiger partial charge in [0.25, 0.3) is 5.91 Å². The average molecular weight is 335 g/mol. The Morgan fingerprint density at radius 1 is 1.20 bits per heavy atom. The largest absolute Gasteiger partial charge is 0.480 e. The number of benzene rings is 2. The molecule has 1 unspecified atom stereocenters. The van der Waals surface area contributed by atoms with Gasteiger partial charge in [-0.15, -0.1) is 0 Å². The van der Waals surface area contributed by atoms with Crippen molar-refractivity contribution in [2.24, 2.45) is 5.84 Å². The molecule has 0 aliphatic heterocycles. The van der Waals surface area contributed by atoms with Gasteiger partial charge in [-0.2, -0.15) is 0 Å². The van der Waals surface area contributed by atoms with Crippen LogP contribution in [0.1, 0.15) is 6.92 Å². The number of hydrazine groups is 1. The minimum atomic E-state index is -0.654. The van der Waals surface area contributed by atoms with Crippen LogP contribution in [0.2, 0.25) is 0 Å². The number of nitrogens with two attached hydrogens (primary N) is 1. The minimum Gasteiger partial charge on any atom is -0.480 e. The van der Waals surface area contributed by atoms with Crippen molar-refractivity contribution in [2.45, 2.75) is 13.0 Å². The fraction of sp³-hybridized carbons (Fsp3) is 0.133. The van der Waals surface area contributed by atoms with Gasteiger partial charge >= 0.3 is 0 Å². The second-order valence-electron chi connectivity index (χ2n) is 4.28. The van der Waals surface area contributed by atoms with Crippen molar-refractivity contribution in [1.82, 2.24) is 5.43 Å². The molecule has 0 radical (unpaired) electrons. The highest BCUT2D eigenvalue weighted by Crippen LogP contribution is 2.31. The molecule has 0 aliphatic carbocycles. The van der Waals surface area contributed by atoms with E-state index < -0.39 is 6.10 Å². The van der Waals surface area contributed by atoms with Crippen LogP contribution in [0.5, 0.6) is 5.75 Å². The van der Waals surface area contributed by atoms with Gasteiger partial charge in [-0.3, -0.25) is 10.2 Å². The maximum atomic E-state index is 11.3. The molecule has 0 bridgehead atoms. The summed E-state index contributed by atoms with van der Waals surface area (Å²) in [5, 5.41) is 0. The summed E-state index contributed by atoms with van der Waals surface area (Å²) < 4.78 is 6.34. The fourth-order valence-corrected chi connectivity index (χ4v) is 2.24. The molecule has 104 valence electrons. The van der Waals surface area contributed by atoms with Crippen molar-refractivity contribution in [2.75, 3.05) is 0 Å². The zero-order valence-electron chi connectivity index (χ0n) is 11.0. The van der Waals surface area contributed by atoms with E-state index in [0.717, 1.165) is 15.6 Å². The highest BCUT2D eigenvalue weighted by atomic mass is 79.9. The molecule has 0 aromatic heterocycles. The van der Waals surface area contributed by atoms with Crippen LogP contribution in [0.15, 0.2) is 53.0 Å². The quantitative estimate of drug-likeness (QED) is 0.513. The first-order valence-electron chi connectivity index (χ1n) is 6.14. The first-order valence-corrected chi connectivity index (χ1v) is 6.93. The van der Waals surface area contributed by atoms with Crippen molar-refractivity contribution < 1.29 is 9.53 Å². The van der Waals surface area contributed by atoms with Gasteiger partial charge in [0.05, 0.1) is 4.47 Å². The molecule has 0 saturated carbocycles. The van der Waals surface area contributed by atoms with Crippen molar-refractivity contribution >= 4 is 21.8 Å². The molecule has 20 heavy (non-hydrogen) atoms. The lowest BCUT2D eigenvalue weighted by Gasteiger charge is -2.15. The van der Waals surface area contributed by atoms with Crippen LogP contribution >= 0.6 is 15.9 Å². The van der Waals surface area contributed by atoms with Crippen LogP contribution in [-0.4, -0.2) is 12.0 Å². The van der Waals surface area contributed by atoms with E-state index in [0.29, 0.717) is 5.75 Å². The van der Waals surface area contributed by atoms with Crippen molar-refractivity contribution in [1.29, 1.82) is 0 Å². The summed E-state index contributed by atoms with van der Waals surface area (Å²) in [6.07, 6.45) is -0.654. The van der Waals surface area contributed by atoms with Crippen LogP contribution in [0, 0.1) is 0 Å². The monoisotopic (exact) mass is 334 g/mol. The Kier molecular flexibility index (Phi) is 4.76. The Balaban J connectivity index is 2.20. The molecule has 0 spiro atoms. The predicted molar refractivity (Wildman–Crippen MR) is 82.0 cm³/mol. The molecule has 0 fully saturated rings. The Morgan fingerprint density at radius 2 is 1.90 bits per heavy atom. The first kappa shape index (κ1) is 14.6. The lowest BCUT2D eigenvalue weighted by Crippen LogP contribution is -2.40. The van der Waals surface area contributed by atoms with Crippen LogP contribution in [0.4, 0.5) is 0 Å². The molecule has 4 nitrogen and oxygen atoms in total. The van der Waals surface area contributed by atoms with E-state index in [1.807, 2.05) is 48.5 Å². The Labute approximate surface area is 126 Å². The number of halogens is 1. The summed E-state index contributed by atoms with van der Waals surface area (Å²) in [5.74, 6) is 5.30. The highest BCUT2D eigenvalue weighted by Gasteiger charge is 2.14. The summed E-state index contributed by atoms with van der Waals surface area (Å²) >= 11 is 3.46. The summed E-state index contributed by atoms with van der Waals surface area (Å²) in [5.41, 5.74) is 4.25. The topological polar surface area (TPSA) is 64.3 Å². The number of hydrogen-bond acceptors (Lipinski definition) is 3. The number of nitrogens with one attached hydrogen (secondary N) is 1. The number of hydrogen-bond donors (Lipinski definition) is 2. The lowest BCUT2D eigenvalue weighted by molar-refractivity contribution is -0.127. The van der Waals surface area contributed by atoms with Crippen LogP contribution < -0.4 is 16.0 Å². The third-order valence-corrected chi connectivity index (χ3v) is 3.47. The number of carbonyl (C=O) groups excluding carboxylic acids is 1. The number of ether oxygens (including phenoxy) is 1. The molecule has 0 aliphatic rings. The second-order valence-corrected chi connectivity index (χ2v) is 5.13. The van der Waals surface area contributed by atoms with E-state index in [2.05, 4.69) is 21.4 Å². The number of rotatable bonds is 4. The molecule has 2 aromatic rings. The van der Waals surface area contributed by atoms with Gasteiger partial charge in [0.15, 0.2) is 6.10 Å². The second kappa shape index (κ2) is 6.54. The maximum Gasteiger partial charge on any atom is 0.274 e.